The van der Waals surface area contributed by atoms with Crippen molar-refractivity contribution < 1.29 is 18.7 Å². The summed E-state index contributed by atoms with van der Waals surface area (Å²) in [5.74, 6) is 0.326. The lowest BCUT2D eigenvalue weighted by Crippen LogP contribution is -2.41. The van der Waals surface area contributed by atoms with Crippen molar-refractivity contribution in [1.29, 1.82) is 0 Å². The molecule has 1 heterocycles. The summed E-state index contributed by atoms with van der Waals surface area (Å²) in [5.41, 5.74) is 1.84. The first-order chi connectivity index (χ1) is 14.0. The molecule has 152 valence electrons. The highest BCUT2D eigenvalue weighted by atomic mass is 16.5. The second kappa shape index (κ2) is 9.39. The Morgan fingerprint density at radius 1 is 1.14 bits per heavy atom. The van der Waals surface area contributed by atoms with E-state index in [0.29, 0.717) is 30.9 Å². The van der Waals surface area contributed by atoms with Gasteiger partial charge in [-0.1, -0.05) is 30.3 Å². The SMILES string of the molecule is CCOC(=O)[C@@H](Cc1ccccc1)N(C)Cc1cc(=O)oc2cc(OC)ccc12. The van der Waals surface area contributed by atoms with E-state index in [1.165, 1.54) is 6.07 Å². The van der Waals surface area contributed by atoms with Gasteiger partial charge in [0.25, 0.3) is 0 Å². The molecular weight excluding hydrogens is 370 g/mol. The number of rotatable bonds is 8. The Morgan fingerprint density at radius 2 is 1.90 bits per heavy atom. The molecule has 0 amide bonds. The zero-order chi connectivity index (χ0) is 20.8. The van der Waals surface area contributed by atoms with Gasteiger partial charge in [0.1, 0.15) is 17.4 Å². The number of carbonyl (C=O) groups is 1. The average molecular weight is 395 g/mol. The van der Waals surface area contributed by atoms with Gasteiger partial charge < -0.3 is 13.9 Å². The Bertz CT molecular complexity index is 1030. The van der Waals surface area contributed by atoms with Crippen molar-refractivity contribution in [3.05, 3.63) is 76.1 Å². The molecule has 0 fully saturated rings. The van der Waals surface area contributed by atoms with Gasteiger partial charge in [0.2, 0.25) is 0 Å². The maximum Gasteiger partial charge on any atom is 0.336 e. The van der Waals surface area contributed by atoms with E-state index >= 15 is 0 Å². The van der Waals surface area contributed by atoms with Crippen molar-refractivity contribution in [3.8, 4) is 5.75 Å². The molecule has 0 aliphatic rings. The van der Waals surface area contributed by atoms with Crippen LogP contribution in [-0.2, 0) is 22.5 Å². The molecule has 1 atom stereocenters. The predicted molar refractivity (Wildman–Crippen MR) is 111 cm³/mol. The van der Waals surface area contributed by atoms with E-state index in [-0.39, 0.29) is 5.97 Å². The van der Waals surface area contributed by atoms with E-state index in [9.17, 15) is 9.59 Å². The minimum Gasteiger partial charge on any atom is -0.497 e. The van der Waals surface area contributed by atoms with Gasteiger partial charge >= 0.3 is 11.6 Å². The molecule has 2 aromatic carbocycles. The van der Waals surface area contributed by atoms with Crippen molar-refractivity contribution in [2.45, 2.75) is 25.9 Å². The molecule has 6 nitrogen and oxygen atoms in total. The molecule has 0 bridgehead atoms. The van der Waals surface area contributed by atoms with Gasteiger partial charge in [0.15, 0.2) is 0 Å². The Hall–Kier alpha value is -3.12. The molecule has 6 heteroatoms. The largest absolute Gasteiger partial charge is 0.497 e. The van der Waals surface area contributed by atoms with Crippen molar-refractivity contribution in [1.82, 2.24) is 4.90 Å². The third-order valence-corrected chi connectivity index (χ3v) is 4.82. The van der Waals surface area contributed by atoms with Gasteiger partial charge in [-0.3, -0.25) is 9.69 Å². The van der Waals surface area contributed by atoms with Crippen LogP contribution in [0, 0.1) is 0 Å². The molecule has 0 N–H and O–H groups in total. The fourth-order valence-electron chi connectivity index (χ4n) is 3.34. The molecule has 3 aromatic rings. The lowest BCUT2D eigenvalue weighted by Gasteiger charge is -2.27. The van der Waals surface area contributed by atoms with Gasteiger partial charge in [-0.25, -0.2) is 4.79 Å². The normalized spacial score (nSPS) is 12.1. The van der Waals surface area contributed by atoms with Crippen LogP contribution < -0.4 is 10.4 Å². The molecule has 0 spiro atoms. The van der Waals surface area contributed by atoms with E-state index < -0.39 is 11.7 Å². The maximum atomic E-state index is 12.6. The molecule has 1 aromatic heterocycles. The van der Waals surface area contributed by atoms with Gasteiger partial charge in [-0.05, 0) is 43.7 Å². The second-order valence-electron chi connectivity index (χ2n) is 6.83. The molecule has 0 saturated heterocycles. The van der Waals surface area contributed by atoms with Crippen LogP contribution in [0.4, 0.5) is 0 Å². The van der Waals surface area contributed by atoms with Crippen molar-refractivity contribution in [2.75, 3.05) is 20.8 Å². The Labute approximate surface area is 169 Å². The van der Waals surface area contributed by atoms with Crippen molar-refractivity contribution >= 4 is 16.9 Å². The molecule has 0 aliphatic carbocycles. The van der Waals surface area contributed by atoms with Crippen LogP contribution in [-0.4, -0.2) is 37.7 Å². The molecular formula is C23H25NO5. The van der Waals surface area contributed by atoms with E-state index in [4.69, 9.17) is 13.9 Å². The molecule has 0 radical (unpaired) electrons. The van der Waals surface area contributed by atoms with Crippen LogP contribution in [0.2, 0.25) is 0 Å². The van der Waals surface area contributed by atoms with Crippen LogP contribution in [0.1, 0.15) is 18.1 Å². The monoisotopic (exact) mass is 395 g/mol. The third-order valence-electron chi connectivity index (χ3n) is 4.82. The smallest absolute Gasteiger partial charge is 0.336 e. The number of nitrogens with zero attached hydrogens (tertiary/aromatic N) is 1. The fraction of sp³-hybridized carbons (Fsp3) is 0.304. The minimum absolute atomic E-state index is 0.284. The van der Waals surface area contributed by atoms with E-state index in [0.717, 1.165) is 16.5 Å². The van der Waals surface area contributed by atoms with Gasteiger partial charge in [0.05, 0.1) is 13.7 Å². The first kappa shape index (κ1) is 20.6. The fourth-order valence-corrected chi connectivity index (χ4v) is 3.34. The number of likely N-dealkylation sites (N-methyl/N-ethyl adjacent to an activating group) is 1. The summed E-state index contributed by atoms with van der Waals surface area (Å²) in [7, 11) is 3.42. The lowest BCUT2D eigenvalue weighted by molar-refractivity contribution is -0.149. The van der Waals surface area contributed by atoms with Crippen LogP contribution >= 0.6 is 0 Å². The van der Waals surface area contributed by atoms with Crippen LogP contribution in [0.15, 0.2) is 63.8 Å². The van der Waals surface area contributed by atoms with E-state index in [1.807, 2.05) is 54.4 Å². The highest BCUT2D eigenvalue weighted by molar-refractivity contribution is 5.81. The van der Waals surface area contributed by atoms with Gasteiger partial charge in [-0.15, -0.1) is 0 Å². The number of methoxy groups -OCH3 is 1. The standard InChI is InChI=1S/C23H25NO5/c1-4-28-23(26)20(12-16-8-6-5-7-9-16)24(2)15-17-13-22(25)29-21-14-18(27-3)10-11-19(17)21/h5-11,13-14,20H,4,12,15H2,1-3H3/t20-/m1/s1. The van der Waals surface area contributed by atoms with Gasteiger partial charge in [-0.2, -0.15) is 0 Å². The Balaban J connectivity index is 1.91. The quantitative estimate of drug-likeness (QED) is 0.430. The first-order valence-corrected chi connectivity index (χ1v) is 9.53. The average Bonchev–Trinajstić information content (AvgIpc) is 2.72. The number of fused-ring (bicyclic) bond motifs is 1. The zero-order valence-corrected chi connectivity index (χ0v) is 16.9. The molecule has 29 heavy (non-hydrogen) atoms. The topological polar surface area (TPSA) is 69.0 Å². The first-order valence-electron chi connectivity index (χ1n) is 9.53. The molecule has 0 saturated carbocycles. The summed E-state index contributed by atoms with van der Waals surface area (Å²) >= 11 is 0. The maximum absolute atomic E-state index is 12.6. The Kier molecular flexibility index (Phi) is 6.67. The summed E-state index contributed by atoms with van der Waals surface area (Å²) < 4.78 is 15.8. The number of ether oxygens (including phenoxy) is 2. The van der Waals surface area contributed by atoms with E-state index in [1.54, 1.807) is 20.1 Å². The number of hydrogen-bond donors (Lipinski definition) is 0. The molecule has 3 rings (SSSR count). The van der Waals surface area contributed by atoms with E-state index in [2.05, 4.69) is 0 Å². The second-order valence-corrected chi connectivity index (χ2v) is 6.83. The Morgan fingerprint density at radius 3 is 2.59 bits per heavy atom. The lowest BCUT2D eigenvalue weighted by atomic mass is 10.0. The summed E-state index contributed by atoms with van der Waals surface area (Å²) in [6, 6.07) is 16.2. The van der Waals surface area contributed by atoms with Crippen molar-refractivity contribution in [2.24, 2.45) is 0 Å². The number of benzene rings is 2. The highest BCUT2D eigenvalue weighted by Gasteiger charge is 2.25. The summed E-state index contributed by atoms with van der Waals surface area (Å²) in [6.45, 7) is 2.50. The van der Waals surface area contributed by atoms with Crippen LogP contribution in [0.25, 0.3) is 11.0 Å². The number of carbonyl (C=O) groups excluding carboxylic acids is 1. The third kappa shape index (κ3) is 5.03. The molecule has 0 unspecified atom stereocenters. The van der Waals surface area contributed by atoms with Crippen molar-refractivity contribution in [3.63, 3.8) is 0 Å². The highest BCUT2D eigenvalue weighted by Crippen LogP contribution is 2.24. The predicted octanol–water partition coefficient (Wildman–Crippen LogP) is 3.41. The van der Waals surface area contributed by atoms with Crippen LogP contribution in [0.5, 0.6) is 5.75 Å². The summed E-state index contributed by atoms with van der Waals surface area (Å²) in [5, 5.41) is 0.805. The van der Waals surface area contributed by atoms with Crippen LogP contribution in [0.3, 0.4) is 0 Å². The number of hydrogen-bond acceptors (Lipinski definition) is 6. The summed E-state index contributed by atoms with van der Waals surface area (Å²) in [6.07, 6.45) is 0.517. The zero-order valence-electron chi connectivity index (χ0n) is 16.9. The summed E-state index contributed by atoms with van der Waals surface area (Å²) in [4.78, 5) is 26.6. The minimum atomic E-state index is -0.474. The molecule has 0 aliphatic heterocycles. The van der Waals surface area contributed by atoms with Gasteiger partial charge in [0, 0.05) is 24.1 Å². The number of esters is 1.